The molecule has 1 rings (SSSR count). The summed E-state index contributed by atoms with van der Waals surface area (Å²) in [6.07, 6.45) is 0.796. The van der Waals surface area contributed by atoms with Crippen LogP contribution in [0.3, 0.4) is 0 Å². The standard InChI is InChI=1S/C13H17NO4/c1-3-8-18-13(16)10-4-6-11(7-5-10)14-9-12(15)17-2/h4-7,14H,3,8-9H2,1-2H3. The van der Waals surface area contributed by atoms with E-state index in [1.54, 1.807) is 24.3 Å². The van der Waals surface area contributed by atoms with Crippen molar-refractivity contribution in [3.63, 3.8) is 0 Å². The Hall–Kier alpha value is -2.04. The first kappa shape index (κ1) is 14.0. The smallest absolute Gasteiger partial charge is 0.338 e. The molecule has 0 unspecified atom stereocenters. The van der Waals surface area contributed by atoms with E-state index in [1.165, 1.54) is 7.11 Å². The number of esters is 2. The van der Waals surface area contributed by atoms with Crippen LogP contribution in [-0.4, -0.2) is 32.2 Å². The van der Waals surface area contributed by atoms with Crippen LogP contribution in [0.25, 0.3) is 0 Å². The van der Waals surface area contributed by atoms with Crippen LogP contribution < -0.4 is 5.32 Å². The molecule has 5 heteroatoms. The Bertz CT molecular complexity index is 400. The minimum Gasteiger partial charge on any atom is -0.468 e. The number of nitrogens with one attached hydrogen (secondary N) is 1. The molecule has 0 aliphatic rings. The average molecular weight is 251 g/mol. The van der Waals surface area contributed by atoms with Crippen LogP contribution in [0.2, 0.25) is 0 Å². The largest absolute Gasteiger partial charge is 0.468 e. The van der Waals surface area contributed by atoms with Gasteiger partial charge in [0.2, 0.25) is 0 Å². The van der Waals surface area contributed by atoms with Gasteiger partial charge in [0.1, 0.15) is 6.54 Å². The van der Waals surface area contributed by atoms with Gasteiger partial charge in [0, 0.05) is 5.69 Å². The van der Waals surface area contributed by atoms with Crippen molar-refractivity contribution in [2.75, 3.05) is 25.6 Å². The quantitative estimate of drug-likeness (QED) is 0.781. The molecule has 0 aliphatic heterocycles. The first-order valence-corrected chi connectivity index (χ1v) is 5.75. The van der Waals surface area contributed by atoms with Crippen molar-refractivity contribution < 1.29 is 19.1 Å². The maximum atomic E-state index is 11.5. The van der Waals surface area contributed by atoms with Gasteiger partial charge in [-0.15, -0.1) is 0 Å². The summed E-state index contributed by atoms with van der Waals surface area (Å²) in [4.78, 5) is 22.4. The number of carbonyl (C=O) groups is 2. The molecule has 98 valence electrons. The number of hydrogen-bond acceptors (Lipinski definition) is 5. The summed E-state index contributed by atoms with van der Waals surface area (Å²) in [5, 5.41) is 2.88. The van der Waals surface area contributed by atoms with Gasteiger partial charge in [-0.25, -0.2) is 4.79 Å². The highest BCUT2D eigenvalue weighted by molar-refractivity contribution is 5.89. The molecule has 0 aromatic heterocycles. The second-order valence-corrected chi connectivity index (χ2v) is 3.64. The van der Waals surface area contributed by atoms with Gasteiger partial charge in [-0.2, -0.15) is 0 Å². The van der Waals surface area contributed by atoms with Crippen LogP contribution in [0.5, 0.6) is 0 Å². The third-order valence-electron chi connectivity index (χ3n) is 2.22. The summed E-state index contributed by atoms with van der Waals surface area (Å²) in [7, 11) is 1.33. The molecule has 1 aromatic rings. The maximum Gasteiger partial charge on any atom is 0.338 e. The number of carbonyl (C=O) groups excluding carboxylic acids is 2. The van der Waals surface area contributed by atoms with Gasteiger partial charge in [-0.1, -0.05) is 6.92 Å². The number of anilines is 1. The van der Waals surface area contributed by atoms with Crippen molar-refractivity contribution in [2.24, 2.45) is 0 Å². The van der Waals surface area contributed by atoms with Crippen molar-refractivity contribution in [2.45, 2.75) is 13.3 Å². The van der Waals surface area contributed by atoms with Crippen LogP contribution in [0.4, 0.5) is 5.69 Å². The molecular formula is C13H17NO4. The van der Waals surface area contributed by atoms with Crippen molar-refractivity contribution in [1.82, 2.24) is 0 Å². The molecule has 0 saturated heterocycles. The molecule has 0 spiro atoms. The minimum absolute atomic E-state index is 0.0934. The van der Waals surface area contributed by atoms with E-state index in [0.717, 1.165) is 12.1 Å². The Labute approximate surface area is 106 Å². The zero-order valence-electron chi connectivity index (χ0n) is 10.6. The highest BCUT2D eigenvalue weighted by Gasteiger charge is 2.06. The highest BCUT2D eigenvalue weighted by atomic mass is 16.5. The topological polar surface area (TPSA) is 64.6 Å². The summed E-state index contributed by atoms with van der Waals surface area (Å²) < 4.78 is 9.50. The molecule has 18 heavy (non-hydrogen) atoms. The lowest BCUT2D eigenvalue weighted by Crippen LogP contribution is -2.15. The van der Waals surface area contributed by atoms with Gasteiger partial charge >= 0.3 is 11.9 Å². The van der Waals surface area contributed by atoms with Crippen LogP contribution in [-0.2, 0) is 14.3 Å². The van der Waals surface area contributed by atoms with Gasteiger partial charge in [0.05, 0.1) is 19.3 Å². The lowest BCUT2D eigenvalue weighted by atomic mass is 10.2. The van der Waals surface area contributed by atoms with E-state index in [1.807, 2.05) is 6.92 Å². The fourth-order valence-electron chi connectivity index (χ4n) is 1.25. The number of rotatable bonds is 6. The van der Waals surface area contributed by atoms with Gasteiger partial charge in [0.25, 0.3) is 0 Å². The maximum absolute atomic E-state index is 11.5. The lowest BCUT2D eigenvalue weighted by Gasteiger charge is -2.06. The van der Waals surface area contributed by atoms with Crippen molar-refractivity contribution in [1.29, 1.82) is 0 Å². The molecule has 0 atom stereocenters. The fraction of sp³-hybridized carbons (Fsp3) is 0.385. The molecular weight excluding hydrogens is 234 g/mol. The number of hydrogen-bond donors (Lipinski definition) is 1. The fourth-order valence-corrected chi connectivity index (χ4v) is 1.25. The Morgan fingerprint density at radius 1 is 1.22 bits per heavy atom. The molecule has 1 aromatic carbocycles. The SMILES string of the molecule is CCCOC(=O)c1ccc(NCC(=O)OC)cc1. The van der Waals surface area contributed by atoms with Gasteiger partial charge < -0.3 is 14.8 Å². The van der Waals surface area contributed by atoms with E-state index in [9.17, 15) is 9.59 Å². The van der Waals surface area contributed by atoms with Crippen LogP contribution in [0.1, 0.15) is 23.7 Å². The third-order valence-corrected chi connectivity index (χ3v) is 2.22. The summed E-state index contributed by atoms with van der Waals surface area (Å²) in [6, 6.07) is 6.73. The molecule has 0 bridgehead atoms. The van der Waals surface area contributed by atoms with Crippen molar-refractivity contribution in [3.8, 4) is 0 Å². The Morgan fingerprint density at radius 3 is 2.44 bits per heavy atom. The van der Waals surface area contributed by atoms with Crippen LogP contribution in [0.15, 0.2) is 24.3 Å². The molecule has 5 nitrogen and oxygen atoms in total. The normalized spacial score (nSPS) is 9.67. The van der Waals surface area contributed by atoms with Crippen LogP contribution >= 0.6 is 0 Å². The zero-order valence-corrected chi connectivity index (χ0v) is 10.6. The molecule has 0 fully saturated rings. The Morgan fingerprint density at radius 2 is 1.89 bits per heavy atom. The molecule has 0 amide bonds. The highest BCUT2D eigenvalue weighted by Crippen LogP contribution is 2.10. The number of ether oxygens (including phenoxy) is 2. The summed E-state index contributed by atoms with van der Waals surface area (Å²) >= 11 is 0. The second kappa shape index (κ2) is 7.32. The molecule has 0 saturated carbocycles. The Kier molecular flexibility index (Phi) is 5.70. The van der Waals surface area contributed by atoms with Crippen molar-refractivity contribution in [3.05, 3.63) is 29.8 Å². The first-order valence-electron chi connectivity index (χ1n) is 5.75. The van der Waals surface area contributed by atoms with Gasteiger partial charge in [0.15, 0.2) is 0 Å². The van der Waals surface area contributed by atoms with Crippen LogP contribution in [0, 0.1) is 0 Å². The third kappa shape index (κ3) is 4.45. The number of benzene rings is 1. The lowest BCUT2D eigenvalue weighted by molar-refractivity contribution is -0.138. The Balaban J connectivity index is 2.51. The van der Waals surface area contributed by atoms with E-state index in [4.69, 9.17) is 4.74 Å². The van der Waals surface area contributed by atoms with Gasteiger partial charge in [-0.3, -0.25) is 4.79 Å². The number of methoxy groups -OCH3 is 1. The average Bonchev–Trinajstić information content (AvgIpc) is 2.42. The van der Waals surface area contributed by atoms with E-state index >= 15 is 0 Å². The summed E-state index contributed by atoms with van der Waals surface area (Å²) in [6.45, 7) is 2.45. The first-order chi connectivity index (χ1) is 8.67. The minimum atomic E-state index is -0.346. The zero-order chi connectivity index (χ0) is 13.4. The summed E-state index contributed by atoms with van der Waals surface area (Å²) in [5.41, 5.74) is 1.24. The predicted octanol–water partition coefficient (Wildman–Crippen LogP) is 1.84. The molecule has 0 radical (unpaired) electrons. The summed E-state index contributed by atoms with van der Waals surface area (Å²) in [5.74, 6) is -0.683. The van der Waals surface area contributed by atoms with E-state index < -0.39 is 0 Å². The van der Waals surface area contributed by atoms with Gasteiger partial charge in [-0.05, 0) is 30.7 Å². The monoisotopic (exact) mass is 251 g/mol. The molecule has 0 heterocycles. The predicted molar refractivity (Wildman–Crippen MR) is 67.5 cm³/mol. The second-order valence-electron chi connectivity index (χ2n) is 3.64. The molecule has 1 N–H and O–H groups in total. The van der Waals surface area contributed by atoms with E-state index in [2.05, 4.69) is 10.1 Å². The van der Waals surface area contributed by atoms with E-state index in [0.29, 0.717) is 12.2 Å². The molecule has 0 aliphatic carbocycles. The van der Waals surface area contributed by atoms with Crippen molar-refractivity contribution >= 4 is 17.6 Å². The van der Waals surface area contributed by atoms with E-state index in [-0.39, 0.29) is 18.5 Å².